The Morgan fingerprint density at radius 2 is 2.33 bits per heavy atom. The summed E-state index contributed by atoms with van der Waals surface area (Å²) in [6.07, 6.45) is 0.484. The van der Waals surface area contributed by atoms with Crippen LogP contribution < -0.4 is 11.3 Å². The Kier molecular flexibility index (Phi) is 4.89. The lowest BCUT2D eigenvalue weighted by molar-refractivity contribution is -0.122. The Morgan fingerprint density at radius 1 is 1.67 bits per heavy atom. The smallest absolute Gasteiger partial charge is 0.235 e. The van der Waals surface area contributed by atoms with E-state index in [1.54, 1.807) is 0 Å². The first-order valence-corrected chi connectivity index (χ1v) is 6.48. The van der Waals surface area contributed by atoms with Gasteiger partial charge in [0.05, 0.1) is 0 Å². The zero-order valence-corrected chi connectivity index (χ0v) is 10.5. The number of hydrogen-bond donors (Lipinski definition) is 2. The SMILES string of the molecule is CC1SCCN(C(C)CC(=O)NN)C1C. The molecule has 0 aromatic rings. The van der Waals surface area contributed by atoms with Crippen molar-refractivity contribution in [2.75, 3.05) is 12.3 Å². The normalized spacial score (nSPS) is 29.9. The number of thioether (sulfide) groups is 1. The van der Waals surface area contributed by atoms with Crippen LogP contribution in [0, 0.1) is 0 Å². The predicted octanol–water partition coefficient (Wildman–Crippen LogP) is 0.581. The maximum Gasteiger partial charge on any atom is 0.235 e. The predicted molar refractivity (Wildman–Crippen MR) is 64.5 cm³/mol. The zero-order chi connectivity index (χ0) is 11.4. The van der Waals surface area contributed by atoms with Gasteiger partial charge >= 0.3 is 0 Å². The van der Waals surface area contributed by atoms with Gasteiger partial charge in [-0.3, -0.25) is 15.1 Å². The van der Waals surface area contributed by atoms with Crippen LogP contribution in [0.1, 0.15) is 27.2 Å². The van der Waals surface area contributed by atoms with Gasteiger partial charge in [-0.1, -0.05) is 6.92 Å². The molecule has 1 aliphatic rings. The van der Waals surface area contributed by atoms with Gasteiger partial charge in [0.1, 0.15) is 0 Å². The van der Waals surface area contributed by atoms with Gasteiger partial charge in [-0.05, 0) is 13.8 Å². The van der Waals surface area contributed by atoms with Gasteiger partial charge in [-0.25, -0.2) is 5.84 Å². The molecule has 1 saturated heterocycles. The van der Waals surface area contributed by atoms with Crippen molar-refractivity contribution >= 4 is 17.7 Å². The molecule has 0 radical (unpaired) electrons. The molecule has 1 aliphatic heterocycles. The third-order valence-electron chi connectivity index (χ3n) is 3.14. The fourth-order valence-corrected chi connectivity index (χ4v) is 3.15. The van der Waals surface area contributed by atoms with Crippen LogP contribution in [0.4, 0.5) is 0 Å². The largest absolute Gasteiger partial charge is 0.296 e. The zero-order valence-electron chi connectivity index (χ0n) is 9.69. The van der Waals surface area contributed by atoms with Crippen molar-refractivity contribution in [3.63, 3.8) is 0 Å². The maximum absolute atomic E-state index is 11.2. The fraction of sp³-hybridized carbons (Fsp3) is 0.900. The molecule has 1 heterocycles. The van der Waals surface area contributed by atoms with E-state index in [1.807, 2.05) is 11.8 Å². The highest BCUT2D eigenvalue weighted by molar-refractivity contribution is 8.00. The van der Waals surface area contributed by atoms with Gasteiger partial charge in [0, 0.05) is 36.1 Å². The summed E-state index contributed by atoms with van der Waals surface area (Å²) in [6, 6.07) is 0.802. The molecule has 15 heavy (non-hydrogen) atoms. The van der Waals surface area contributed by atoms with Crippen molar-refractivity contribution in [2.24, 2.45) is 5.84 Å². The Hall–Kier alpha value is -0.260. The number of carbonyl (C=O) groups excluding carboxylic acids is 1. The Morgan fingerprint density at radius 3 is 2.93 bits per heavy atom. The van der Waals surface area contributed by atoms with Crippen molar-refractivity contribution in [1.29, 1.82) is 0 Å². The van der Waals surface area contributed by atoms with Crippen LogP contribution in [0.5, 0.6) is 0 Å². The molecular weight excluding hydrogens is 210 g/mol. The van der Waals surface area contributed by atoms with Crippen molar-refractivity contribution in [1.82, 2.24) is 10.3 Å². The molecule has 1 fully saturated rings. The fourth-order valence-electron chi connectivity index (χ4n) is 2.02. The molecule has 0 spiro atoms. The molecule has 0 bridgehead atoms. The summed E-state index contributed by atoms with van der Waals surface area (Å²) >= 11 is 2.01. The van der Waals surface area contributed by atoms with Gasteiger partial charge in [0.2, 0.25) is 5.91 Å². The van der Waals surface area contributed by atoms with Crippen LogP contribution >= 0.6 is 11.8 Å². The molecule has 4 nitrogen and oxygen atoms in total. The van der Waals surface area contributed by atoms with E-state index < -0.39 is 0 Å². The lowest BCUT2D eigenvalue weighted by atomic mass is 10.1. The first-order chi connectivity index (χ1) is 7.06. The van der Waals surface area contributed by atoms with Crippen LogP contribution in [-0.2, 0) is 4.79 Å². The minimum atomic E-state index is -0.0828. The van der Waals surface area contributed by atoms with Gasteiger partial charge in [-0.2, -0.15) is 11.8 Å². The average molecular weight is 231 g/mol. The number of carbonyl (C=O) groups is 1. The second-order valence-corrected chi connectivity index (χ2v) is 5.66. The topological polar surface area (TPSA) is 58.4 Å². The molecule has 1 amide bonds. The van der Waals surface area contributed by atoms with E-state index in [0.717, 1.165) is 12.3 Å². The second kappa shape index (κ2) is 5.72. The lowest BCUT2D eigenvalue weighted by Gasteiger charge is -2.41. The highest BCUT2D eigenvalue weighted by Gasteiger charge is 2.29. The van der Waals surface area contributed by atoms with E-state index >= 15 is 0 Å². The molecular formula is C10H21N3OS. The van der Waals surface area contributed by atoms with Crippen molar-refractivity contribution in [3.05, 3.63) is 0 Å². The summed E-state index contributed by atoms with van der Waals surface area (Å²) in [7, 11) is 0. The van der Waals surface area contributed by atoms with E-state index in [-0.39, 0.29) is 11.9 Å². The summed E-state index contributed by atoms with van der Waals surface area (Å²) in [4.78, 5) is 13.6. The van der Waals surface area contributed by atoms with E-state index in [2.05, 4.69) is 31.1 Å². The van der Waals surface area contributed by atoms with Crippen LogP contribution in [0.25, 0.3) is 0 Å². The summed E-state index contributed by atoms with van der Waals surface area (Å²) in [5, 5.41) is 0.641. The number of hydrogen-bond acceptors (Lipinski definition) is 4. The van der Waals surface area contributed by atoms with Gasteiger partial charge in [0.15, 0.2) is 0 Å². The monoisotopic (exact) mass is 231 g/mol. The first-order valence-electron chi connectivity index (χ1n) is 5.43. The lowest BCUT2D eigenvalue weighted by Crippen LogP contribution is -2.50. The summed E-state index contributed by atoms with van der Waals surface area (Å²) < 4.78 is 0. The van der Waals surface area contributed by atoms with Crippen LogP contribution in [-0.4, -0.2) is 40.4 Å². The van der Waals surface area contributed by atoms with Gasteiger partial charge < -0.3 is 0 Å². The Balaban J connectivity index is 2.50. The Bertz CT molecular complexity index is 225. The number of nitrogens with zero attached hydrogens (tertiary/aromatic N) is 1. The molecule has 1 rings (SSSR count). The van der Waals surface area contributed by atoms with Gasteiger partial charge in [-0.15, -0.1) is 0 Å². The molecule has 0 aromatic heterocycles. The minimum absolute atomic E-state index is 0.0828. The van der Waals surface area contributed by atoms with E-state index in [0.29, 0.717) is 17.7 Å². The number of nitrogens with two attached hydrogens (primary N) is 1. The molecule has 0 aliphatic carbocycles. The summed E-state index contributed by atoms with van der Waals surface area (Å²) in [5.74, 6) is 6.16. The van der Waals surface area contributed by atoms with Crippen molar-refractivity contribution in [2.45, 2.75) is 44.5 Å². The molecule has 0 saturated carbocycles. The van der Waals surface area contributed by atoms with Crippen LogP contribution in [0.15, 0.2) is 0 Å². The first kappa shape index (κ1) is 12.8. The number of nitrogens with one attached hydrogen (secondary N) is 1. The molecule has 88 valence electrons. The molecule has 3 atom stereocenters. The third-order valence-corrected chi connectivity index (χ3v) is 4.48. The standard InChI is InChI=1S/C10H21N3OS/c1-7(6-10(14)12-11)13-4-5-15-9(3)8(13)2/h7-9H,4-6,11H2,1-3H3,(H,12,14). The van der Waals surface area contributed by atoms with Gasteiger partial charge in [0.25, 0.3) is 0 Å². The van der Waals surface area contributed by atoms with E-state index in [4.69, 9.17) is 5.84 Å². The quantitative estimate of drug-likeness (QED) is 0.424. The molecule has 5 heteroatoms. The second-order valence-electron chi connectivity index (χ2n) is 4.17. The van der Waals surface area contributed by atoms with Crippen LogP contribution in [0.3, 0.4) is 0 Å². The molecule has 3 unspecified atom stereocenters. The number of hydrazine groups is 1. The summed E-state index contributed by atoms with van der Waals surface area (Å²) in [5.41, 5.74) is 2.19. The van der Waals surface area contributed by atoms with Crippen LogP contribution in [0.2, 0.25) is 0 Å². The minimum Gasteiger partial charge on any atom is -0.296 e. The maximum atomic E-state index is 11.2. The van der Waals surface area contributed by atoms with E-state index in [9.17, 15) is 4.79 Å². The third kappa shape index (κ3) is 3.36. The summed E-state index contributed by atoms with van der Waals surface area (Å²) in [6.45, 7) is 7.63. The number of amides is 1. The van der Waals surface area contributed by atoms with E-state index in [1.165, 1.54) is 0 Å². The molecule has 3 N–H and O–H groups in total. The highest BCUT2D eigenvalue weighted by atomic mass is 32.2. The Labute approximate surface area is 95.9 Å². The number of rotatable bonds is 3. The van der Waals surface area contributed by atoms with Crippen molar-refractivity contribution < 1.29 is 4.79 Å². The van der Waals surface area contributed by atoms with Crippen molar-refractivity contribution in [3.8, 4) is 0 Å². The molecule has 0 aromatic carbocycles. The average Bonchev–Trinajstić information content (AvgIpc) is 2.21. The highest BCUT2D eigenvalue weighted by Crippen LogP contribution is 2.26.